The van der Waals surface area contributed by atoms with Crippen LogP contribution < -0.4 is 20.1 Å². The second-order valence-electron chi connectivity index (χ2n) is 14.1. The van der Waals surface area contributed by atoms with Gasteiger partial charge in [0.1, 0.15) is 29.7 Å². The fourth-order valence-corrected chi connectivity index (χ4v) is 7.62. The molecule has 1 saturated heterocycles. The van der Waals surface area contributed by atoms with Crippen LogP contribution in [0.1, 0.15) is 55.9 Å². The van der Waals surface area contributed by atoms with Gasteiger partial charge < -0.3 is 30.0 Å². The molecule has 1 unspecified atom stereocenters. The Hall–Kier alpha value is -4.90. The van der Waals surface area contributed by atoms with E-state index in [9.17, 15) is 14.7 Å². The van der Waals surface area contributed by atoms with Crippen molar-refractivity contribution in [3.8, 4) is 21.9 Å². The Morgan fingerprint density at radius 1 is 0.923 bits per heavy atom. The molecular weight excluding hydrogens is 675 g/mol. The molecule has 1 aromatic heterocycles. The zero-order valence-electron chi connectivity index (χ0n) is 30.2. The van der Waals surface area contributed by atoms with Crippen LogP contribution in [0.2, 0.25) is 0 Å². The molecule has 1 atom stereocenters. The number of methoxy groups -OCH3 is 1. The van der Waals surface area contributed by atoms with Crippen molar-refractivity contribution < 1.29 is 28.9 Å². The number of nitrogens with zero attached hydrogens (tertiary/aromatic N) is 1. The molecular formula is C42H47N3O6S. The molecule has 6 rings (SSSR count). The number of hydrogen-bond donors (Lipinski definition) is 3. The number of likely N-dealkylation sites (tertiary alicyclic amines) is 1. The van der Waals surface area contributed by atoms with Gasteiger partial charge in [0.15, 0.2) is 0 Å². The van der Waals surface area contributed by atoms with Crippen molar-refractivity contribution in [2.75, 3.05) is 32.1 Å². The molecule has 1 fully saturated rings. The van der Waals surface area contributed by atoms with E-state index in [0.717, 1.165) is 62.8 Å². The van der Waals surface area contributed by atoms with E-state index in [4.69, 9.17) is 14.2 Å². The number of fused-ring (bicyclic) bond motifs is 1. The molecule has 0 spiro atoms. The van der Waals surface area contributed by atoms with Crippen LogP contribution in [0.15, 0.2) is 91.0 Å². The normalized spacial score (nSPS) is 13.9. The van der Waals surface area contributed by atoms with Crippen LogP contribution in [-0.2, 0) is 29.1 Å². The van der Waals surface area contributed by atoms with E-state index in [1.54, 1.807) is 39.2 Å². The maximum absolute atomic E-state index is 13.0. The Morgan fingerprint density at radius 3 is 2.37 bits per heavy atom. The molecule has 5 aromatic rings. The van der Waals surface area contributed by atoms with Gasteiger partial charge in [-0.05, 0) is 117 Å². The second kappa shape index (κ2) is 16.6. The number of hydrogen-bond acceptors (Lipinski definition) is 8. The molecule has 2 heterocycles. The molecule has 52 heavy (non-hydrogen) atoms. The Kier molecular flexibility index (Phi) is 11.8. The highest BCUT2D eigenvalue weighted by molar-refractivity contribution is 7.22. The fourth-order valence-electron chi connectivity index (χ4n) is 6.36. The van der Waals surface area contributed by atoms with Gasteiger partial charge in [-0.25, -0.2) is 4.79 Å². The lowest BCUT2D eigenvalue weighted by molar-refractivity contribution is -0.119. The zero-order valence-corrected chi connectivity index (χ0v) is 31.1. The number of ether oxygens (including phenoxy) is 3. The van der Waals surface area contributed by atoms with Gasteiger partial charge in [-0.15, -0.1) is 11.3 Å². The van der Waals surface area contributed by atoms with Crippen LogP contribution in [0.25, 0.3) is 20.5 Å². The topological polar surface area (TPSA) is 109 Å². The first-order valence-electron chi connectivity index (χ1n) is 17.7. The average Bonchev–Trinajstić information content (AvgIpc) is 3.78. The summed E-state index contributed by atoms with van der Waals surface area (Å²) in [5, 5.41) is 16.2. The lowest BCUT2D eigenvalue weighted by Crippen LogP contribution is -2.47. The van der Waals surface area contributed by atoms with E-state index < -0.39 is 30.3 Å². The third-order valence-corrected chi connectivity index (χ3v) is 10.2. The number of amides is 2. The van der Waals surface area contributed by atoms with Gasteiger partial charge in [0.05, 0.1) is 13.7 Å². The summed E-state index contributed by atoms with van der Waals surface area (Å²) >= 11 is 1.71. The summed E-state index contributed by atoms with van der Waals surface area (Å²) in [7, 11) is 1.74. The molecule has 1 aliphatic heterocycles. The monoisotopic (exact) mass is 721 g/mol. The summed E-state index contributed by atoms with van der Waals surface area (Å²) in [4.78, 5) is 28.8. The number of aliphatic hydroxyl groups excluding tert-OH is 1. The van der Waals surface area contributed by atoms with Crippen LogP contribution in [0.5, 0.6) is 11.5 Å². The van der Waals surface area contributed by atoms with Crippen molar-refractivity contribution in [3.63, 3.8) is 0 Å². The lowest BCUT2D eigenvalue weighted by atomic mass is 9.97. The van der Waals surface area contributed by atoms with E-state index in [-0.39, 0.29) is 0 Å². The highest BCUT2D eigenvalue weighted by Gasteiger charge is 2.24. The third kappa shape index (κ3) is 9.50. The summed E-state index contributed by atoms with van der Waals surface area (Å²) in [6.07, 6.45) is 2.42. The van der Waals surface area contributed by atoms with Crippen LogP contribution in [0.3, 0.4) is 0 Å². The summed E-state index contributed by atoms with van der Waals surface area (Å²) in [5.74, 6) is 1.17. The zero-order chi connectivity index (χ0) is 36.7. The number of benzene rings is 4. The van der Waals surface area contributed by atoms with Gasteiger partial charge in [0, 0.05) is 27.4 Å². The number of aliphatic hydroxyl groups is 1. The maximum Gasteiger partial charge on any atom is 0.408 e. The molecule has 0 bridgehead atoms. The van der Waals surface area contributed by atoms with Crippen molar-refractivity contribution in [2.24, 2.45) is 0 Å². The van der Waals surface area contributed by atoms with Crippen molar-refractivity contribution in [1.82, 2.24) is 10.2 Å². The Labute approximate surface area is 309 Å². The van der Waals surface area contributed by atoms with E-state index in [2.05, 4.69) is 58.0 Å². The number of alkyl carbamates (subject to hydrolysis) is 1. The number of carbonyl (C=O) groups is 2. The van der Waals surface area contributed by atoms with E-state index >= 15 is 0 Å². The number of carbonyl (C=O) groups excluding carboxylic acids is 2. The Balaban J connectivity index is 1.26. The minimum atomic E-state index is -1.17. The highest BCUT2D eigenvalue weighted by atomic mass is 32.1. The van der Waals surface area contributed by atoms with Crippen LogP contribution in [0.4, 0.5) is 10.5 Å². The Bertz CT molecular complexity index is 1980. The second-order valence-corrected chi connectivity index (χ2v) is 15.1. The minimum absolute atomic E-state index is 0.485. The van der Waals surface area contributed by atoms with E-state index in [1.165, 1.54) is 24.0 Å². The molecule has 2 amide bonds. The molecule has 1 aliphatic rings. The van der Waals surface area contributed by atoms with Gasteiger partial charge in [-0.2, -0.15) is 0 Å². The highest BCUT2D eigenvalue weighted by Crippen LogP contribution is 2.42. The van der Waals surface area contributed by atoms with E-state index in [1.807, 2.05) is 48.5 Å². The number of nitrogens with one attached hydrogen (secondary N) is 2. The SMILES string of the molecule is COc1cc(Cc2c(-c3ccc(NC(=O)C(CO)NC(=O)OC(C)(C)C)cc3)sc3cc(OCc4ccccc4)ccc23)ccc1CN1CCCC1. The van der Waals surface area contributed by atoms with Crippen molar-refractivity contribution in [3.05, 3.63) is 113 Å². The predicted molar refractivity (Wildman–Crippen MR) is 207 cm³/mol. The number of anilines is 1. The van der Waals surface area contributed by atoms with Gasteiger partial charge in [-0.1, -0.05) is 54.6 Å². The number of thiophene rings is 1. The van der Waals surface area contributed by atoms with Gasteiger partial charge in [-0.3, -0.25) is 9.69 Å². The van der Waals surface area contributed by atoms with Crippen molar-refractivity contribution in [2.45, 2.75) is 64.8 Å². The van der Waals surface area contributed by atoms with Gasteiger partial charge in [0.25, 0.3) is 0 Å². The molecule has 272 valence electrons. The van der Waals surface area contributed by atoms with Crippen LogP contribution in [0, 0.1) is 0 Å². The largest absolute Gasteiger partial charge is 0.496 e. The first-order valence-corrected chi connectivity index (χ1v) is 18.5. The molecule has 9 nitrogen and oxygen atoms in total. The molecule has 0 aliphatic carbocycles. The fraction of sp³-hybridized carbons (Fsp3) is 0.333. The molecule has 0 radical (unpaired) electrons. The lowest BCUT2D eigenvalue weighted by Gasteiger charge is -2.22. The smallest absolute Gasteiger partial charge is 0.408 e. The van der Waals surface area contributed by atoms with E-state index in [0.29, 0.717) is 18.7 Å². The maximum atomic E-state index is 13.0. The van der Waals surface area contributed by atoms with Crippen molar-refractivity contribution >= 4 is 39.1 Å². The summed E-state index contributed by atoms with van der Waals surface area (Å²) in [5.41, 5.74) is 5.47. The molecule has 3 N–H and O–H groups in total. The van der Waals surface area contributed by atoms with Gasteiger partial charge in [0.2, 0.25) is 5.91 Å². The summed E-state index contributed by atoms with van der Waals surface area (Å²) in [6.45, 7) is 8.23. The first kappa shape index (κ1) is 36.9. The Morgan fingerprint density at radius 2 is 1.67 bits per heavy atom. The van der Waals surface area contributed by atoms with Crippen LogP contribution in [-0.4, -0.2) is 60.5 Å². The molecule has 10 heteroatoms. The predicted octanol–water partition coefficient (Wildman–Crippen LogP) is 8.17. The summed E-state index contributed by atoms with van der Waals surface area (Å²) in [6, 6.07) is 29.4. The van der Waals surface area contributed by atoms with Gasteiger partial charge >= 0.3 is 6.09 Å². The number of rotatable bonds is 13. The standard InChI is InChI=1S/C42H47N3O6S/c1-42(2,3)51-41(48)44-36(26-46)40(47)43-32-16-14-30(15-17-32)39-35(22-29-12-13-31(37(23-29)49-4)25-45-20-8-9-21-45)34-19-18-33(24-38(34)52-39)50-27-28-10-6-5-7-11-28/h5-7,10-19,23-24,36,46H,8-9,20-22,25-27H2,1-4H3,(H,43,47)(H,44,48). The molecule has 0 saturated carbocycles. The third-order valence-electron chi connectivity index (χ3n) is 8.94. The first-order chi connectivity index (χ1) is 25.1. The molecule has 4 aromatic carbocycles. The van der Waals surface area contributed by atoms with Crippen molar-refractivity contribution in [1.29, 1.82) is 0 Å². The summed E-state index contributed by atoms with van der Waals surface area (Å²) < 4.78 is 18.4. The minimum Gasteiger partial charge on any atom is -0.496 e. The quantitative estimate of drug-likeness (QED) is 0.113. The van der Waals surface area contributed by atoms with Crippen LogP contribution >= 0.6 is 11.3 Å². The average molecular weight is 722 g/mol.